The molecule has 0 aromatic carbocycles. The molecule has 0 N–H and O–H groups in total. The molecule has 0 heterocycles. The second kappa shape index (κ2) is 7.71. The molecule has 0 spiro atoms. The van der Waals surface area contributed by atoms with Gasteiger partial charge in [0.25, 0.3) is 12.2 Å². The van der Waals surface area contributed by atoms with Gasteiger partial charge in [0.1, 0.15) is 0 Å². The monoisotopic (exact) mass is 206 g/mol. The molecule has 0 aromatic rings. The summed E-state index contributed by atoms with van der Waals surface area (Å²) in [7, 11) is -4.76. The molecule has 68 valence electrons. The molecule has 0 amide bonds. The third-order valence-corrected chi connectivity index (χ3v) is 1.17. The Hall–Kier alpha value is -0.923. The van der Waals surface area contributed by atoms with E-state index in [0.717, 1.165) is 12.2 Å². The SMILES string of the molecule is O=C=NOP(=O)(OF)ON=C=O.[LiH]. The molecule has 0 radical (unpaired) electrons. The molecule has 0 aliphatic heterocycles. The van der Waals surface area contributed by atoms with Crippen molar-refractivity contribution in [2.24, 2.45) is 10.3 Å². The van der Waals surface area contributed by atoms with Crippen molar-refractivity contribution in [1.29, 1.82) is 0 Å². The molecule has 0 atom stereocenters. The first kappa shape index (κ1) is 14.6. The zero-order valence-electron chi connectivity index (χ0n) is 5.17. The molecule has 0 aliphatic carbocycles. The number of halogens is 1. The first-order chi connectivity index (χ1) is 5.68. The Bertz CT molecular complexity index is 260. The van der Waals surface area contributed by atoms with Crippen LogP contribution < -0.4 is 0 Å². The van der Waals surface area contributed by atoms with Gasteiger partial charge in [-0.25, -0.2) is 14.2 Å². The van der Waals surface area contributed by atoms with E-state index in [0.29, 0.717) is 0 Å². The molecular weight excluding hydrogens is 205 g/mol. The molecule has 0 saturated carbocycles. The van der Waals surface area contributed by atoms with Gasteiger partial charge in [-0.3, -0.25) is 9.25 Å². The van der Waals surface area contributed by atoms with Crippen molar-refractivity contribution >= 4 is 38.8 Å². The fourth-order valence-electron chi connectivity index (χ4n) is 0.173. The van der Waals surface area contributed by atoms with Gasteiger partial charge in [0.05, 0.1) is 0 Å². The first-order valence-electron chi connectivity index (χ1n) is 2.11. The predicted octanol–water partition coefficient (Wildman–Crippen LogP) is -0.118. The van der Waals surface area contributed by atoms with Crippen molar-refractivity contribution in [1.82, 2.24) is 0 Å². The molecule has 13 heavy (non-hydrogen) atoms. The van der Waals surface area contributed by atoms with E-state index >= 15 is 0 Å². The molecule has 0 rings (SSSR count). The summed E-state index contributed by atoms with van der Waals surface area (Å²) in [5.41, 5.74) is 0. The Balaban J connectivity index is 0. The van der Waals surface area contributed by atoms with Crippen LogP contribution in [0.25, 0.3) is 0 Å². The van der Waals surface area contributed by atoms with Crippen LogP contribution in [0.5, 0.6) is 0 Å². The fourth-order valence-corrected chi connectivity index (χ4v) is 0.520. The number of nitrogens with zero attached hydrogens (tertiary/aromatic N) is 2. The van der Waals surface area contributed by atoms with Gasteiger partial charge in [-0.15, -0.1) is 0 Å². The zero-order valence-corrected chi connectivity index (χ0v) is 6.06. The Labute approximate surface area is 82.4 Å². The molecule has 8 nitrogen and oxygen atoms in total. The van der Waals surface area contributed by atoms with Crippen molar-refractivity contribution in [2.75, 3.05) is 0 Å². The number of isocyanates is 2. The minimum absolute atomic E-state index is 0. The van der Waals surface area contributed by atoms with E-state index in [1.807, 2.05) is 0 Å². The summed E-state index contributed by atoms with van der Waals surface area (Å²) in [5.74, 6) is 0. The third kappa shape index (κ3) is 6.26. The van der Waals surface area contributed by atoms with E-state index in [1.165, 1.54) is 0 Å². The van der Waals surface area contributed by atoms with Crippen molar-refractivity contribution in [2.45, 2.75) is 0 Å². The van der Waals surface area contributed by atoms with Gasteiger partial charge >= 0.3 is 26.7 Å². The molecular formula is C2HFLiN2O6P. The van der Waals surface area contributed by atoms with Crippen LogP contribution in [0.3, 0.4) is 0 Å². The number of hydrogen-bond donors (Lipinski definition) is 0. The van der Waals surface area contributed by atoms with Crippen molar-refractivity contribution < 1.29 is 32.7 Å². The van der Waals surface area contributed by atoms with Crippen LogP contribution in [-0.4, -0.2) is 31.0 Å². The predicted molar refractivity (Wildman–Crippen MR) is 35.4 cm³/mol. The number of phosphoric acid groups is 1. The number of carbonyl (C=O) groups excluding carboxylic acids is 2. The Morgan fingerprint density at radius 1 is 1.15 bits per heavy atom. The van der Waals surface area contributed by atoms with Crippen LogP contribution in [0.2, 0.25) is 0 Å². The Kier molecular flexibility index (Phi) is 8.66. The molecule has 0 fully saturated rings. The summed E-state index contributed by atoms with van der Waals surface area (Å²) in [6, 6.07) is 0. The number of rotatable bonds is 5. The zero-order chi connectivity index (χ0) is 9.45. The van der Waals surface area contributed by atoms with E-state index in [9.17, 15) is 18.7 Å². The van der Waals surface area contributed by atoms with Gasteiger partial charge in [-0.05, 0) is 4.53 Å². The van der Waals surface area contributed by atoms with Crippen molar-refractivity contribution in [3.63, 3.8) is 0 Å². The van der Waals surface area contributed by atoms with Gasteiger partial charge in [-0.1, -0.05) is 4.73 Å². The molecule has 0 bridgehead atoms. The van der Waals surface area contributed by atoms with Crippen LogP contribution in [0.15, 0.2) is 10.3 Å². The number of hydrogen-bond acceptors (Lipinski definition) is 8. The van der Waals surface area contributed by atoms with Crippen molar-refractivity contribution in [3.05, 3.63) is 0 Å². The molecule has 0 aliphatic rings. The second-order valence-corrected chi connectivity index (χ2v) is 2.40. The van der Waals surface area contributed by atoms with Gasteiger partial charge in [0, 0.05) is 10.3 Å². The fraction of sp³-hybridized carbons (Fsp3) is 0. The summed E-state index contributed by atoms with van der Waals surface area (Å²) in [4.78, 5) is 18.7. The van der Waals surface area contributed by atoms with Crippen LogP contribution in [0, 0.1) is 0 Å². The van der Waals surface area contributed by atoms with Crippen LogP contribution >= 0.6 is 7.82 Å². The molecule has 0 aromatic heterocycles. The van der Waals surface area contributed by atoms with E-state index in [2.05, 4.69) is 24.3 Å². The van der Waals surface area contributed by atoms with Gasteiger partial charge in [-0.2, -0.15) is 0 Å². The normalized spacial score (nSPS) is 12.1. The van der Waals surface area contributed by atoms with E-state index in [1.54, 1.807) is 0 Å². The van der Waals surface area contributed by atoms with Gasteiger partial charge in [0.2, 0.25) is 0 Å². The molecule has 0 unspecified atom stereocenters. The summed E-state index contributed by atoms with van der Waals surface area (Å²) in [5, 5.41) is 4.44. The van der Waals surface area contributed by atoms with E-state index < -0.39 is 7.82 Å². The first-order valence-corrected chi connectivity index (χ1v) is 3.57. The summed E-state index contributed by atoms with van der Waals surface area (Å²) >= 11 is 0. The maximum atomic E-state index is 11.3. The van der Waals surface area contributed by atoms with Crippen molar-refractivity contribution in [3.8, 4) is 0 Å². The summed E-state index contributed by atoms with van der Waals surface area (Å²) in [6.45, 7) is 0. The maximum absolute atomic E-state index is 11.3. The van der Waals surface area contributed by atoms with E-state index in [-0.39, 0.29) is 18.9 Å². The third-order valence-electron chi connectivity index (χ3n) is 0.441. The Morgan fingerprint density at radius 2 is 1.54 bits per heavy atom. The topological polar surface area (TPSA) is 104 Å². The van der Waals surface area contributed by atoms with Gasteiger partial charge in [0.15, 0.2) is 0 Å². The molecule has 0 saturated heterocycles. The quantitative estimate of drug-likeness (QED) is 0.204. The van der Waals surface area contributed by atoms with Gasteiger partial charge < -0.3 is 0 Å². The van der Waals surface area contributed by atoms with E-state index in [4.69, 9.17) is 0 Å². The van der Waals surface area contributed by atoms with Crippen LogP contribution in [0.1, 0.15) is 0 Å². The average molecular weight is 206 g/mol. The van der Waals surface area contributed by atoms with Crippen LogP contribution in [0.4, 0.5) is 4.53 Å². The second-order valence-electron chi connectivity index (χ2n) is 1.04. The summed E-state index contributed by atoms with van der Waals surface area (Å²) < 4.78 is 31.4. The summed E-state index contributed by atoms with van der Waals surface area (Å²) in [6.07, 6.45) is 1.50. The minimum atomic E-state index is -4.76. The standard InChI is InChI=1S/C2FN2O6P.Li.H/c3-9-12(8,10-4-1-6)11-5-2-7;;. The molecule has 11 heteroatoms. The average Bonchev–Trinajstić information content (AvgIpc) is 2.11. The Morgan fingerprint density at radius 3 is 1.77 bits per heavy atom. The van der Waals surface area contributed by atoms with Crippen LogP contribution in [-0.2, 0) is 28.1 Å².